The fourth-order valence-corrected chi connectivity index (χ4v) is 1.71. The second-order valence-corrected chi connectivity index (χ2v) is 4.08. The molecule has 0 amide bonds. The Balaban J connectivity index is 2.25. The molecule has 0 atom stereocenters. The lowest BCUT2D eigenvalue weighted by Gasteiger charge is -1.98. The van der Waals surface area contributed by atoms with Crippen LogP contribution < -0.4 is 0 Å². The third kappa shape index (κ3) is 1.58. The normalized spacial score (nSPS) is 15.8. The van der Waals surface area contributed by atoms with Crippen molar-refractivity contribution in [1.29, 1.82) is 0 Å². The van der Waals surface area contributed by atoms with Crippen molar-refractivity contribution in [3.05, 3.63) is 45.7 Å². The highest BCUT2D eigenvalue weighted by atomic mass is 127. The van der Waals surface area contributed by atoms with Gasteiger partial charge in [0.05, 0.1) is 5.71 Å². The summed E-state index contributed by atoms with van der Waals surface area (Å²) in [5.41, 5.74) is 2.42. The highest BCUT2D eigenvalue weighted by molar-refractivity contribution is 14.1. The van der Waals surface area contributed by atoms with Crippen LogP contribution in [0.2, 0.25) is 0 Å². The fourth-order valence-electron chi connectivity index (χ4n) is 1.21. The van der Waals surface area contributed by atoms with Gasteiger partial charge in [0, 0.05) is 16.2 Å². The average molecular weight is 269 g/mol. The molecule has 0 bridgehead atoms. The van der Waals surface area contributed by atoms with Crippen molar-refractivity contribution in [2.75, 3.05) is 0 Å². The summed E-state index contributed by atoms with van der Waals surface area (Å²) in [7, 11) is 0. The summed E-state index contributed by atoms with van der Waals surface area (Å²) in [4.78, 5) is 4.33. The van der Waals surface area contributed by atoms with Crippen molar-refractivity contribution in [3.63, 3.8) is 0 Å². The van der Waals surface area contributed by atoms with Crippen LogP contribution in [-0.4, -0.2) is 5.71 Å². The van der Waals surface area contributed by atoms with E-state index in [1.165, 1.54) is 14.9 Å². The predicted molar refractivity (Wildman–Crippen MR) is 59.7 cm³/mol. The molecule has 12 heavy (non-hydrogen) atoms. The zero-order valence-corrected chi connectivity index (χ0v) is 8.65. The lowest BCUT2D eigenvalue weighted by molar-refractivity contribution is 1.49. The molecule has 60 valence electrons. The monoisotopic (exact) mass is 269 g/mol. The van der Waals surface area contributed by atoms with E-state index in [0.717, 1.165) is 6.42 Å². The van der Waals surface area contributed by atoms with Crippen LogP contribution >= 0.6 is 22.6 Å². The van der Waals surface area contributed by atoms with E-state index in [2.05, 4.69) is 39.7 Å². The summed E-state index contributed by atoms with van der Waals surface area (Å²) in [5.74, 6) is 0. The molecule has 0 fully saturated rings. The molecule has 0 N–H and O–H groups in total. The van der Waals surface area contributed by atoms with Gasteiger partial charge >= 0.3 is 0 Å². The first-order valence-corrected chi connectivity index (χ1v) is 4.91. The molecule has 0 unspecified atom stereocenters. The lowest BCUT2D eigenvalue weighted by atomic mass is 10.1. The van der Waals surface area contributed by atoms with Gasteiger partial charge in [-0.3, -0.25) is 4.99 Å². The van der Waals surface area contributed by atoms with Crippen molar-refractivity contribution in [2.45, 2.75) is 6.42 Å². The Morgan fingerprint density at radius 1 is 1.17 bits per heavy atom. The zero-order chi connectivity index (χ0) is 8.39. The van der Waals surface area contributed by atoms with Crippen LogP contribution in [0.5, 0.6) is 0 Å². The van der Waals surface area contributed by atoms with Crippen molar-refractivity contribution in [3.8, 4) is 0 Å². The second-order valence-electron chi connectivity index (χ2n) is 2.69. The van der Waals surface area contributed by atoms with Gasteiger partial charge in [-0.2, -0.15) is 0 Å². The molecule has 1 aromatic carbocycles. The first kappa shape index (κ1) is 7.98. The van der Waals surface area contributed by atoms with Gasteiger partial charge in [-0.1, -0.05) is 30.3 Å². The number of rotatable bonds is 1. The van der Waals surface area contributed by atoms with E-state index < -0.39 is 0 Å². The molecule has 0 radical (unpaired) electrons. The molecule has 2 rings (SSSR count). The number of allylic oxidation sites excluding steroid dienone is 1. The molecular formula is C10H8IN. The Labute approximate surface area is 85.4 Å². The third-order valence-electron chi connectivity index (χ3n) is 1.80. The van der Waals surface area contributed by atoms with Gasteiger partial charge in [-0.05, 0) is 28.2 Å². The smallest absolute Gasteiger partial charge is 0.0525 e. The Bertz CT molecular complexity index is 338. The number of hydrogen-bond donors (Lipinski definition) is 0. The van der Waals surface area contributed by atoms with Gasteiger partial charge in [0.1, 0.15) is 0 Å². The molecule has 1 aliphatic rings. The van der Waals surface area contributed by atoms with Crippen LogP contribution in [0.3, 0.4) is 0 Å². The fraction of sp³-hybridized carbons (Fsp3) is 0.100. The van der Waals surface area contributed by atoms with E-state index in [-0.39, 0.29) is 0 Å². The van der Waals surface area contributed by atoms with Gasteiger partial charge in [0.2, 0.25) is 0 Å². The van der Waals surface area contributed by atoms with Crippen LogP contribution in [0.1, 0.15) is 12.0 Å². The minimum Gasteiger partial charge on any atom is -0.260 e. The van der Waals surface area contributed by atoms with E-state index in [4.69, 9.17) is 0 Å². The Morgan fingerprint density at radius 3 is 2.50 bits per heavy atom. The number of nitrogens with zero attached hydrogens (tertiary/aromatic N) is 1. The molecule has 1 heterocycles. The summed E-state index contributed by atoms with van der Waals surface area (Å²) >= 11 is 2.32. The zero-order valence-electron chi connectivity index (χ0n) is 6.50. The first-order chi connectivity index (χ1) is 5.86. The molecule has 0 aromatic heterocycles. The first-order valence-electron chi connectivity index (χ1n) is 3.83. The predicted octanol–water partition coefficient (Wildman–Crippen LogP) is 3.16. The van der Waals surface area contributed by atoms with Crippen LogP contribution in [0, 0.1) is 0 Å². The Morgan fingerprint density at radius 2 is 1.92 bits per heavy atom. The molecule has 0 spiro atoms. The minimum absolute atomic E-state index is 0.991. The van der Waals surface area contributed by atoms with Gasteiger partial charge in [0.25, 0.3) is 0 Å². The Hall–Kier alpha value is -0.640. The molecule has 0 saturated heterocycles. The third-order valence-corrected chi connectivity index (χ3v) is 2.46. The molecule has 1 aromatic rings. The summed E-state index contributed by atoms with van der Waals surface area (Å²) in [6, 6.07) is 10.3. The maximum atomic E-state index is 4.33. The summed E-state index contributed by atoms with van der Waals surface area (Å²) in [5, 5.41) is 0. The average Bonchev–Trinajstić information content (AvgIpc) is 2.54. The second kappa shape index (κ2) is 3.39. The molecule has 1 aliphatic heterocycles. The highest BCUT2D eigenvalue weighted by Gasteiger charge is 2.08. The number of benzene rings is 1. The summed E-state index contributed by atoms with van der Waals surface area (Å²) in [6.45, 7) is 0. The SMILES string of the molecule is IC1=CN=C(c2ccccc2)C1. The standard InChI is InChI=1S/C10H8IN/c11-9-6-10(12-7-9)8-4-2-1-3-5-8/h1-5,7H,6H2. The molecule has 0 saturated carbocycles. The molecule has 2 heteroatoms. The lowest BCUT2D eigenvalue weighted by Crippen LogP contribution is -1.95. The van der Waals surface area contributed by atoms with E-state index in [0.29, 0.717) is 0 Å². The number of aliphatic imine (C=N–C) groups is 1. The van der Waals surface area contributed by atoms with Crippen molar-refractivity contribution in [2.24, 2.45) is 4.99 Å². The van der Waals surface area contributed by atoms with Gasteiger partial charge in [-0.25, -0.2) is 0 Å². The topological polar surface area (TPSA) is 12.4 Å². The van der Waals surface area contributed by atoms with E-state index in [1.54, 1.807) is 0 Å². The van der Waals surface area contributed by atoms with Crippen LogP contribution in [0.4, 0.5) is 0 Å². The molecular weight excluding hydrogens is 261 g/mol. The van der Waals surface area contributed by atoms with Gasteiger partial charge < -0.3 is 0 Å². The maximum absolute atomic E-state index is 4.33. The largest absolute Gasteiger partial charge is 0.260 e. The number of hydrogen-bond acceptors (Lipinski definition) is 1. The quantitative estimate of drug-likeness (QED) is 0.694. The number of halogens is 1. The van der Waals surface area contributed by atoms with Gasteiger partial charge in [0.15, 0.2) is 0 Å². The van der Waals surface area contributed by atoms with Crippen molar-refractivity contribution < 1.29 is 0 Å². The summed E-state index contributed by atoms with van der Waals surface area (Å²) < 4.78 is 1.31. The molecule has 0 aliphatic carbocycles. The van der Waals surface area contributed by atoms with Crippen LogP contribution in [0.25, 0.3) is 0 Å². The highest BCUT2D eigenvalue weighted by Crippen LogP contribution is 2.21. The molecule has 1 nitrogen and oxygen atoms in total. The van der Waals surface area contributed by atoms with E-state index in [9.17, 15) is 0 Å². The van der Waals surface area contributed by atoms with Crippen LogP contribution in [0.15, 0.2) is 45.1 Å². The minimum atomic E-state index is 0.991. The van der Waals surface area contributed by atoms with Gasteiger partial charge in [-0.15, -0.1) is 0 Å². The van der Waals surface area contributed by atoms with Crippen molar-refractivity contribution in [1.82, 2.24) is 0 Å². The Kier molecular flexibility index (Phi) is 2.26. The van der Waals surface area contributed by atoms with Crippen LogP contribution in [-0.2, 0) is 0 Å². The van der Waals surface area contributed by atoms with E-state index >= 15 is 0 Å². The van der Waals surface area contributed by atoms with E-state index in [1.807, 2.05) is 24.4 Å². The maximum Gasteiger partial charge on any atom is 0.0525 e. The summed E-state index contributed by atoms with van der Waals surface area (Å²) in [6.07, 6.45) is 2.92. The van der Waals surface area contributed by atoms with Crippen molar-refractivity contribution >= 4 is 28.3 Å².